The van der Waals surface area contributed by atoms with Gasteiger partial charge in [-0.05, 0) is 30.7 Å². The summed E-state index contributed by atoms with van der Waals surface area (Å²) in [4.78, 5) is 40.6. The molecule has 0 bridgehead atoms. The number of nitrogens with one attached hydrogen (secondary N) is 1. The lowest BCUT2D eigenvalue weighted by molar-refractivity contribution is -0.138. The van der Waals surface area contributed by atoms with Crippen molar-refractivity contribution in [2.24, 2.45) is 0 Å². The van der Waals surface area contributed by atoms with Gasteiger partial charge in [0.05, 0.1) is 25.7 Å². The highest BCUT2D eigenvalue weighted by molar-refractivity contribution is 5.96. The van der Waals surface area contributed by atoms with Crippen LogP contribution in [0.5, 0.6) is 11.5 Å². The fourth-order valence-corrected chi connectivity index (χ4v) is 6.46. The monoisotopic (exact) mass is 638 g/mol. The Labute approximate surface area is 270 Å². The van der Waals surface area contributed by atoms with Gasteiger partial charge >= 0.3 is 0 Å². The van der Waals surface area contributed by atoms with Crippen molar-refractivity contribution in [3.05, 3.63) is 70.6 Å². The number of fused-ring (bicyclic) bond motifs is 3. The molecule has 4 atom stereocenters. The van der Waals surface area contributed by atoms with Gasteiger partial charge in [-0.25, -0.2) is 4.39 Å². The van der Waals surface area contributed by atoms with Crippen molar-refractivity contribution in [3.63, 3.8) is 0 Å². The Morgan fingerprint density at radius 2 is 1.76 bits per heavy atom. The molecule has 1 aliphatic carbocycles. The van der Waals surface area contributed by atoms with Crippen molar-refractivity contribution in [1.82, 2.24) is 10.2 Å². The number of benzene rings is 2. The first kappa shape index (κ1) is 35.1. The van der Waals surface area contributed by atoms with Crippen LogP contribution in [0.25, 0.3) is 0 Å². The van der Waals surface area contributed by atoms with Crippen LogP contribution in [-0.4, -0.2) is 71.7 Å². The van der Waals surface area contributed by atoms with Gasteiger partial charge in [0.25, 0.3) is 0 Å². The third kappa shape index (κ3) is 8.33. The second kappa shape index (κ2) is 17.2. The minimum absolute atomic E-state index is 0.0112. The van der Waals surface area contributed by atoms with Gasteiger partial charge in [0, 0.05) is 41.8 Å². The van der Waals surface area contributed by atoms with Crippen molar-refractivity contribution in [1.29, 1.82) is 0 Å². The molecule has 0 radical (unpaired) electrons. The van der Waals surface area contributed by atoms with E-state index < -0.39 is 35.9 Å². The molecule has 250 valence electrons. The largest absolute Gasteiger partial charge is 0.493 e. The van der Waals surface area contributed by atoms with E-state index in [0.717, 1.165) is 19.3 Å². The summed E-state index contributed by atoms with van der Waals surface area (Å²) in [6.07, 6.45) is 9.90. The van der Waals surface area contributed by atoms with Crippen LogP contribution in [0.2, 0.25) is 0 Å². The molecule has 0 saturated heterocycles. The molecule has 2 aromatic rings. The number of carbonyl (C=O) groups excluding carboxylic acids is 3. The van der Waals surface area contributed by atoms with Crippen molar-refractivity contribution < 1.29 is 38.5 Å². The molecule has 0 fully saturated rings. The highest BCUT2D eigenvalue weighted by Gasteiger charge is 2.51. The molecule has 1 aliphatic heterocycles. The standard InChI is InChI=1S/C36H47FN2O7/c1-3-4-5-6-7-8-9-10-11-16-31(42)39(22-25-14-12-13-15-28(25)37)29-21-27(36(44)38-17-18-40)32-26-19-24(23-41)20-30(45-2)34(26)46-35(32)33(29)43/h12-15,19-21,23,29,32-33,35,40,43H,3-11,16-18,22H2,1-2H3,(H,38,44)/t29-,32+,33+,35+/m1/s1. The summed E-state index contributed by atoms with van der Waals surface area (Å²) in [5.41, 5.74) is 1.30. The highest BCUT2D eigenvalue weighted by Crippen LogP contribution is 2.51. The SMILES string of the molecule is CCCCCCCCCCCC(=O)N(Cc1ccccc1F)[C@@H]1C=C(C(=O)NCCO)[C@@H]2c3cc(C=O)cc(OC)c3O[C@@H]2[C@H]1O. The van der Waals surface area contributed by atoms with Crippen LogP contribution in [-0.2, 0) is 16.1 Å². The second-order valence-corrected chi connectivity index (χ2v) is 12.1. The molecule has 1 heterocycles. The Kier molecular flexibility index (Phi) is 13.2. The quantitative estimate of drug-likeness (QED) is 0.151. The number of amides is 2. The van der Waals surface area contributed by atoms with Crippen LogP contribution in [0.4, 0.5) is 4.39 Å². The van der Waals surface area contributed by atoms with E-state index in [-0.39, 0.29) is 48.9 Å². The van der Waals surface area contributed by atoms with Crippen molar-refractivity contribution in [3.8, 4) is 11.5 Å². The molecule has 10 heteroatoms. The smallest absolute Gasteiger partial charge is 0.247 e. The third-order valence-corrected chi connectivity index (χ3v) is 8.88. The number of hydrogen-bond acceptors (Lipinski definition) is 7. The molecule has 0 spiro atoms. The van der Waals surface area contributed by atoms with Crippen molar-refractivity contribution in [2.75, 3.05) is 20.3 Å². The van der Waals surface area contributed by atoms with Crippen molar-refractivity contribution >= 4 is 18.1 Å². The minimum Gasteiger partial charge on any atom is -0.493 e. The van der Waals surface area contributed by atoms with Gasteiger partial charge in [0.1, 0.15) is 24.3 Å². The normalized spacial score (nSPS) is 19.8. The highest BCUT2D eigenvalue weighted by atomic mass is 19.1. The molecule has 0 saturated carbocycles. The van der Waals surface area contributed by atoms with E-state index in [1.165, 1.54) is 56.2 Å². The van der Waals surface area contributed by atoms with Gasteiger partial charge in [-0.1, -0.05) is 76.5 Å². The van der Waals surface area contributed by atoms with Gasteiger partial charge < -0.3 is 29.9 Å². The van der Waals surface area contributed by atoms with Crippen LogP contribution < -0.4 is 14.8 Å². The minimum atomic E-state index is -1.30. The lowest BCUT2D eigenvalue weighted by atomic mass is 9.77. The molecule has 0 aromatic heterocycles. The summed E-state index contributed by atoms with van der Waals surface area (Å²) >= 11 is 0. The van der Waals surface area contributed by atoms with Gasteiger partial charge in [0.15, 0.2) is 11.5 Å². The molecule has 9 nitrogen and oxygen atoms in total. The number of methoxy groups -OCH3 is 1. The Hall–Kier alpha value is -3.76. The zero-order valence-corrected chi connectivity index (χ0v) is 26.9. The maximum absolute atomic E-state index is 14.9. The molecule has 0 unspecified atom stereocenters. The zero-order valence-electron chi connectivity index (χ0n) is 26.9. The number of aldehydes is 1. The third-order valence-electron chi connectivity index (χ3n) is 8.88. The number of hydrogen-bond donors (Lipinski definition) is 3. The fraction of sp³-hybridized carbons (Fsp3) is 0.528. The summed E-state index contributed by atoms with van der Waals surface area (Å²) in [6.45, 7) is 1.78. The van der Waals surface area contributed by atoms with Crippen molar-refractivity contribution in [2.45, 2.75) is 102 Å². The number of aliphatic hydroxyl groups is 2. The first-order valence-corrected chi connectivity index (χ1v) is 16.5. The van der Waals surface area contributed by atoms with Crippen LogP contribution in [0.15, 0.2) is 48.0 Å². The maximum Gasteiger partial charge on any atom is 0.247 e. The number of aliphatic hydroxyl groups excluding tert-OH is 2. The molecule has 4 rings (SSSR count). The Balaban J connectivity index is 1.63. The molecular weight excluding hydrogens is 591 g/mol. The first-order chi connectivity index (χ1) is 22.3. The van der Waals surface area contributed by atoms with Crippen LogP contribution in [0.3, 0.4) is 0 Å². The molecular formula is C36H47FN2O7. The molecule has 2 aliphatic rings. The average Bonchev–Trinajstić information content (AvgIpc) is 3.46. The van der Waals surface area contributed by atoms with E-state index in [2.05, 4.69) is 12.2 Å². The number of ether oxygens (including phenoxy) is 2. The van der Waals surface area contributed by atoms with Gasteiger partial charge in [-0.15, -0.1) is 0 Å². The lowest BCUT2D eigenvalue weighted by Gasteiger charge is -2.41. The Bertz CT molecular complexity index is 1380. The number of rotatable bonds is 18. The number of halogens is 1. The summed E-state index contributed by atoms with van der Waals surface area (Å²) in [5, 5.41) is 23.9. The predicted octanol–water partition coefficient (Wildman–Crippen LogP) is 5.22. The Morgan fingerprint density at radius 3 is 2.41 bits per heavy atom. The van der Waals surface area contributed by atoms with E-state index >= 15 is 0 Å². The van der Waals surface area contributed by atoms with E-state index in [0.29, 0.717) is 29.6 Å². The maximum atomic E-state index is 14.9. The number of nitrogens with zero attached hydrogens (tertiary/aromatic N) is 1. The van der Waals surface area contributed by atoms with E-state index in [4.69, 9.17) is 9.47 Å². The molecule has 3 N–H and O–H groups in total. The van der Waals surface area contributed by atoms with Crippen LogP contribution >= 0.6 is 0 Å². The molecule has 2 amide bonds. The van der Waals surface area contributed by atoms with Crippen LogP contribution in [0, 0.1) is 5.82 Å². The van der Waals surface area contributed by atoms with E-state index in [1.807, 2.05) is 0 Å². The summed E-state index contributed by atoms with van der Waals surface area (Å²) < 4.78 is 26.6. The fourth-order valence-electron chi connectivity index (χ4n) is 6.46. The average molecular weight is 639 g/mol. The van der Waals surface area contributed by atoms with Gasteiger partial charge in [-0.3, -0.25) is 14.4 Å². The zero-order chi connectivity index (χ0) is 33.1. The summed E-state index contributed by atoms with van der Waals surface area (Å²) in [5.74, 6) is -1.46. The first-order valence-electron chi connectivity index (χ1n) is 16.5. The molecule has 2 aromatic carbocycles. The number of carbonyl (C=O) groups is 3. The number of unbranched alkanes of at least 4 members (excludes halogenated alkanes) is 8. The summed E-state index contributed by atoms with van der Waals surface area (Å²) in [6, 6.07) is 8.27. The predicted molar refractivity (Wildman–Crippen MR) is 172 cm³/mol. The Morgan fingerprint density at radius 1 is 1.07 bits per heavy atom. The topological polar surface area (TPSA) is 125 Å². The van der Waals surface area contributed by atoms with E-state index in [1.54, 1.807) is 30.3 Å². The van der Waals surface area contributed by atoms with Crippen LogP contribution in [0.1, 0.15) is 98.5 Å². The second-order valence-electron chi connectivity index (χ2n) is 12.1. The van der Waals surface area contributed by atoms with Gasteiger partial charge in [-0.2, -0.15) is 0 Å². The van der Waals surface area contributed by atoms with Gasteiger partial charge in [0.2, 0.25) is 11.8 Å². The van der Waals surface area contributed by atoms with E-state index in [9.17, 15) is 29.0 Å². The lowest BCUT2D eigenvalue weighted by Crippen LogP contribution is -2.55. The molecule has 46 heavy (non-hydrogen) atoms. The summed E-state index contributed by atoms with van der Waals surface area (Å²) in [7, 11) is 1.43.